The van der Waals surface area contributed by atoms with Crippen LogP contribution in [0, 0.1) is 11.8 Å². The predicted molar refractivity (Wildman–Crippen MR) is 67.0 cm³/mol. The Morgan fingerprint density at radius 1 is 1.19 bits per heavy atom. The summed E-state index contributed by atoms with van der Waals surface area (Å²) in [6.45, 7) is 6.31. The van der Waals surface area contributed by atoms with Crippen LogP contribution in [-0.4, -0.2) is 18.0 Å². The van der Waals surface area contributed by atoms with Crippen molar-refractivity contribution in [2.45, 2.75) is 65.0 Å². The van der Waals surface area contributed by atoms with Gasteiger partial charge in [-0.25, -0.2) is 0 Å². The average Bonchev–Trinajstić information content (AvgIpc) is 2.42. The van der Waals surface area contributed by atoms with Crippen LogP contribution in [0.4, 0.5) is 0 Å². The third-order valence-electron chi connectivity index (χ3n) is 3.78. The first-order valence-corrected chi connectivity index (χ1v) is 6.58. The minimum Gasteiger partial charge on any atom is -0.353 e. The Bertz CT molecular complexity index is 228. The minimum absolute atomic E-state index is 0.0312. The summed E-state index contributed by atoms with van der Waals surface area (Å²) in [5.41, 5.74) is 6.07. The number of hydrogen-bond acceptors (Lipinski definition) is 2. The van der Waals surface area contributed by atoms with E-state index in [9.17, 15) is 4.79 Å². The maximum Gasteiger partial charge on any atom is 0.224 e. The lowest BCUT2D eigenvalue weighted by molar-refractivity contribution is -0.126. The van der Waals surface area contributed by atoms with Gasteiger partial charge in [-0.05, 0) is 25.7 Å². The molecule has 0 aromatic heterocycles. The molecule has 1 rings (SSSR count). The summed E-state index contributed by atoms with van der Waals surface area (Å²) in [6, 6.07) is 0.296. The second kappa shape index (κ2) is 6.24. The summed E-state index contributed by atoms with van der Waals surface area (Å²) in [4.78, 5) is 12.1. The number of carbonyl (C=O) groups is 1. The molecule has 0 bridgehead atoms. The predicted octanol–water partition coefficient (Wildman–Crippen LogP) is 2.05. The van der Waals surface area contributed by atoms with Crippen LogP contribution in [0.3, 0.4) is 0 Å². The number of nitrogens with one attached hydrogen (secondary N) is 1. The summed E-state index contributed by atoms with van der Waals surface area (Å²) in [5, 5.41) is 3.09. The number of hydrogen-bond donors (Lipinski definition) is 2. The third kappa shape index (κ3) is 3.78. The molecule has 0 heterocycles. The van der Waals surface area contributed by atoms with Gasteiger partial charge in [0.25, 0.3) is 0 Å². The molecule has 3 heteroatoms. The van der Waals surface area contributed by atoms with E-state index in [0.717, 1.165) is 19.3 Å². The number of amides is 1. The topological polar surface area (TPSA) is 55.1 Å². The highest BCUT2D eigenvalue weighted by Crippen LogP contribution is 2.22. The van der Waals surface area contributed by atoms with Gasteiger partial charge >= 0.3 is 0 Å². The van der Waals surface area contributed by atoms with Crippen molar-refractivity contribution in [3.8, 4) is 0 Å². The molecule has 3 N–H and O–H groups in total. The fraction of sp³-hybridized carbons (Fsp3) is 0.923. The molecule has 3 atom stereocenters. The van der Waals surface area contributed by atoms with Gasteiger partial charge in [0.15, 0.2) is 0 Å². The summed E-state index contributed by atoms with van der Waals surface area (Å²) < 4.78 is 0. The van der Waals surface area contributed by atoms with Crippen molar-refractivity contribution in [1.82, 2.24) is 5.32 Å². The Morgan fingerprint density at radius 3 is 2.44 bits per heavy atom. The minimum atomic E-state index is 0.0312. The van der Waals surface area contributed by atoms with Crippen LogP contribution in [0.5, 0.6) is 0 Å². The Balaban J connectivity index is 2.50. The summed E-state index contributed by atoms with van der Waals surface area (Å²) >= 11 is 0. The molecule has 1 fully saturated rings. The van der Waals surface area contributed by atoms with E-state index in [1.807, 2.05) is 0 Å². The lowest BCUT2D eigenvalue weighted by Crippen LogP contribution is -2.45. The van der Waals surface area contributed by atoms with Gasteiger partial charge in [-0.15, -0.1) is 0 Å². The van der Waals surface area contributed by atoms with Gasteiger partial charge in [-0.1, -0.05) is 33.1 Å². The van der Waals surface area contributed by atoms with E-state index < -0.39 is 0 Å². The molecule has 0 aromatic rings. The molecule has 0 radical (unpaired) electrons. The van der Waals surface area contributed by atoms with Crippen LogP contribution in [0.2, 0.25) is 0 Å². The van der Waals surface area contributed by atoms with Crippen LogP contribution >= 0.6 is 0 Å². The van der Waals surface area contributed by atoms with E-state index in [2.05, 4.69) is 26.1 Å². The Kier molecular flexibility index (Phi) is 5.26. The average molecular weight is 226 g/mol. The van der Waals surface area contributed by atoms with Crippen molar-refractivity contribution in [3.05, 3.63) is 0 Å². The SMILES string of the molecule is CC(C)C(C)NC(=O)C1CCCCCC1N. The third-order valence-corrected chi connectivity index (χ3v) is 3.78. The standard InChI is InChI=1S/C13H26N2O/c1-9(2)10(3)15-13(16)11-7-5-4-6-8-12(11)14/h9-12H,4-8,14H2,1-3H3,(H,15,16). The highest BCUT2D eigenvalue weighted by Gasteiger charge is 2.27. The van der Waals surface area contributed by atoms with Crippen LogP contribution in [0.1, 0.15) is 52.9 Å². The van der Waals surface area contributed by atoms with Gasteiger partial charge in [0.05, 0.1) is 5.92 Å². The van der Waals surface area contributed by atoms with Crippen LogP contribution < -0.4 is 11.1 Å². The molecule has 1 aliphatic carbocycles. The number of carbonyl (C=O) groups excluding carboxylic acids is 1. The fourth-order valence-corrected chi connectivity index (χ4v) is 2.16. The molecule has 94 valence electrons. The molecular weight excluding hydrogens is 200 g/mol. The molecular formula is C13H26N2O. The monoisotopic (exact) mass is 226 g/mol. The Hall–Kier alpha value is -0.570. The summed E-state index contributed by atoms with van der Waals surface area (Å²) in [6.07, 6.45) is 5.48. The molecule has 16 heavy (non-hydrogen) atoms. The molecule has 1 amide bonds. The fourth-order valence-electron chi connectivity index (χ4n) is 2.16. The zero-order valence-corrected chi connectivity index (χ0v) is 10.8. The van der Waals surface area contributed by atoms with E-state index in [-0.39, 0.29) is 23.9 Å². The maximum absolute atomic E-state index is 12.1. The Morgan fingerprint density at radius 2 is 1.81 bits per heavy atom. The van der Waals surface area contributed by atoms with Crippen LogP contribution in [-0.2, 0) is 4.79 Å². The Labute approximate surface area is 99.2 Å². The second-order valence-corrected chi connectivity index (χ2v) is 5.45. The van der Waals surface area contributed by atoms with Gasteiger partial charge in [-0.2, -0.15) is 0 Å². The highest BCUT2D eigenvalue weighted by atomic mass is 16.2. The lowest BCUT2D eigenvalue weighted by Gasteiger charge is -2.24. The van der Waals surface area contributed by atoms with E-state index in [0.29, 0.717) is 5.92 Å². The summed E-state index contributed by atoms with van der Waals surface area (Å²) in [7, 11) is 0. The highest BCUT2D eigenvalue weighted by molar-refractivity contribution is 5.79. The molecule has 0 spiro atoms. The van der Waals surface area contributed by atoms with E-state index >= 15 is 0 Å². The second-order valence-electron chi connectivity index (χ2n) is 5.45. The first kappa shape index (κ1) is 13.5. The molecule has 1 aliphatic rings. The van der Waals surface area contributed by atoms with Crippen molar-refractivity contribution in [1.29, 1.82) is 0 Å². The van der Waals surface area contributed by atoms with E-state index in [4.69, 9.17) is 5.73 Å². The van der Waals surface area contributed by atoms with E-state index in [1.165, 1.54) is 12.8 Å². The first-order valence-electron chi connectivity index (χ1n) is 6.58. The summed E-state index contributed by atoms with van der Waals surface area (Å²) in [5.74, 6) is 0.672. The number of nitrogens with two attached hydrogens (primary N) is 1. The van der Waals surface area contributed by atoms with E-state index in [1.54, 1.807) is 0 Å². The molecule has 1 saturated carbocycles. The van der Waals surface area contributed by atoms with Crippen molar-refractivity contribution in [2.24, 2.45) is 17.6 Å². The zero-order chi connectivity index (χ0) is 12.1. The normalized spacial score (nSPS) is 28.6. The van der Waals surface area contributed by atoms with Crippen molar-refractivity contribution < 1.29 is 4.79 Å². The largest absolute Gasteiger partial charge is 0.353 e. The maximum atomic E-state index is 12.1. The molecule has 0 saturated heterocycles. The van der Waals surface area contributed by atoms with Gasteiger partial charge in [-0.3, -0.25) is 4.79 Å². The van der Waals surface area contributed by atoms with Gasteiger partial charge in [0, 0.05) is 12.1 Å². The molecule has 0 aliphatic heterocycles. The van der Waals surface area contributed by atoms with Crippen LogP contribution in [0.25, 0.3) is 0 Å². The molecule has 0 aromatic carbocycles. The van der Waals surface area contributed by atoms with Gasteiger partial charge in [0.2, 0.25) is 5.91 Å². The van der Waals surface area contributed by atoms with Crippen molar-refractivity contribution >= 4 is 5.91 Å². The van der Waals surface area contributed by atoms with Crippen molar-refractivity contribution in [2.75, 3.05) is 0 Å². The zero-order valence-electron chi connectivity index (χ0n) is 10.8. The molecule has 3 nitrogen and oxygen atoms in total. The van der Waals surface area contributed by atoms with Crippen molar-refractivity contribution in [3.63, 3.8) is 0 Å². The smallest absolute Gasteiger partial charge is 0.224 e. The quantitative estimate of drug-likeness (QED) is 0.724. The lowest BCUT2D eigenvalue weighted by atomic mass is 9.93. The first-order chi connectivity index (χ1) is 7.52. The van der Waals surface area contributed by atoms with Crippen LogP contribution in [0.15, 0.2) is 0 Å². The molecule has 3 unspecified atom stereocenters. The van der Waals surface area contributed by atoms with Gasteiger partial charge in [0.1, 0.15) is 0 Å². The van der Waals surface area contributed by atoms with Gasteiger partial charge < -0.3 is 11.1 Å². The number of rotatable bonds is 3.